The number of carbonyl (C=O) groups is 1. The summed E-state index contributed by atoms with van der Waals surface area (Å²) in [6, 6.07) is 5.94. The van der Waals surface area contributed by atoms with E-state index in [-0.39, 0.29) is 5.91 Å². The second-order valence-corrected chi connectivity index (χ2v) is 5.80. The Labute approximate surface area is 137 Å². The van der Waals surface area contributed by atoms with Gasteiger partial charge in [0, 0.05) is 31.6 Å². The van der Waals surface area contributed by atoms with Gasteiger partial charge in [0.25, 0.3) is 0 Å². The third kappa shape index (κ3) is 4.45. The molecule has 1 N–H and O–H groups in total. The number of ether oxygens (including phenoxy) is 2. The number of hydrogen-bond donors (Lipinski definition) is 1. The zero-order valence-electron chi connectivity index (χ0n) is 12.8. The van der Waals surface area contributed by atoms with E-state index < -0.39 is 0 Å². The van der Waals surface area contributed by atoms with E-state index >= 15 is 0 Å². The van der Waals surface area contributed by atoms with Crippen molar-refractivity contribution < 1.29 is 14.3 Å². The molecule has 1 aromatic heterocycles. The predicted octanol–water partition coefficient (Wildman–Crippen LogP) is 2.26. The van der Waals surface area contributed by atoms with E-state index in [1.807, 2.05) is 25.2 Å². The molecule has 2 rings (SSSR count). The maximum atomic E-state index is 11.5. The van der Waals surface area contributed by atoms with Crippen molar-refractivity contribution in [2.75, 3.05) is 26.9 Å². The van der Waals surface area contributed by atoms with Crippen LogP contribution in [0, 0.1) is 0 Å². The van der Waals surface area contributed by atoms with E-state index in [2.05, 4.69) is 26.3 Å². The first-order valence-corrected chi connectivity index (χ1v) is 7.92. The van der Waals surface area contributed by atoms with Crippen LogP contribution in [0.2, 0.25) is 0 Å². The summed E-state index contributed by atoms with van der Waals surface area (Å²) < 4.78 is 13.4. The van der Waals surface area contributed by atoms with E-state index in [0.29, 0.717) is 38.5 Å². The zero-order chi connectivity index (χ0) is 15.9. The number of nitrogens with zero attached hydrogens (tertiary/aromatic N) is 2. The van der Waals surface area contributed by atoms with E-state index in [1.54, 1.807) is 11.8 Å². The highest BCUT2D eigenvalue weighted by Gasteiger charge is 2.10. The van der Waals surface area contributed by atoms with Crippen molar-refractivity contribution in [2.45, 2.75) is 12.8 Å². The number of halogens is 1. The smallest absolute Gasteiger partial charge is 0.240 e. The van der Waals surface area contributed by atoms with Crippen molar-refractivity contribution in [3.63, 3.8) is 0 Å². The van der Waals surface area contributed by atoms with Crippen molar-refractivity contribution in [1.82, 2.24) is 15.1 Å². The maximum Gasteiger partial charge on any atom is 0.240 e. The summed E-state index contributed by atoms with van der Waals surface area (Å²) >= 11 is 3.45. The lowest BCUT2D eigenvalue weighted by Gasteiger charge is -2.05. The monoisotopic (exact) mass is 369 g/mol. The van der Waals surface area contributed by atoms with Gasteiger partial charge in [0.05, 0.1) is 24.1 Å². The molecule has 7 heteroatoms. The average molecular weight is 370 g/mol. The summed E-state index contributed by atoms with van der Waals surface area (Å²) in [4.78, 5) is 11.5. The van der Waals surface area contributed by atoms with E-state index in [0.717, 1.165) is 15.4 Å². The summed E-state index contributed by atoms with van der Waals surface area (Å²) in [5.74, 6) is 0.605. The minimum Gasteiger partial charge on any atom is -0.476 e. The van der Waals surface area contributed by atoms with Crippen molar-refractivity contribution >= 4 is 32.7 Å². The predicted molar refractivity (Wildman–Crippen MR) is 88.0 cm³/mol. The van der Waals surface area contributed by atoms with Crippen LogP contribution in [0.25, 0.3) is 10.9 Å². The standard InChI is InChI=1S/C15H20BrN3O3/c1-19-13-6-5-11(16)10-12(13)15(18-19)22-8-3-4-14(20)17-7-9-21-2/h5-6,10H,3-4,7-9H2,1-2H3,(H,17,20). The Bertz CT molecular complexity index is 642. The summed E-state index contributed by atoms with van der Waals surface area (Å²) in [7, 11) is 3.49. The fourth-order valence-corrected chi connectivity index (χ4v) is 2.46. The molecule has 0 bridgehead atoms. The number of benzene rings is 1. The van der Waals surface area contributed by atoms with Gasteiger partial charge < -0.3 is 14.8 Å². The topological polar surface area (TPSA) is 65.4 Å². The first-order valence-electron chi connectivity index (χ1n) is 7.12. The van der Waals surface area contributed by atoms with Crippen LogP contribution < -0.4 is 10.1 Å². The van der Waals surface area contributed by atoms with Crippen LogP contribution in [-0.2, 0) is 16.6 Å². The van der Waals surface area contributed by atoms with Gasteiger partial charge in [0.1, 0.15) is 0 Å². The van der Waals surface area contributed by atoms with Crippen LogP contribution in [0.4, 0.5) is 0 Å². The number of aryl methyl sites for hydroxylation is 1. The molecule has 0 atom stereocenters. The molecule has 1 aromatic carbocycles. The Morgan fingerprint density at radius 2 is 2.23 bits per heavy atom. The van der Waals surface area contributed by atoms with Gasteiger partial charge in [-0.1, -0.05) is 15.9 Å². The summed E-state index contributed by atoms with van der Waals surface area (Å²) in [6.07, 6.45) is 1.07. The van der Waals surface area contributed by atoms with Gasteiger partial charge >= 0.3 is 0 Å². The van der Waals surface area contributed by atoms with Gasteiger partial charge in [-0.25, -0.2) is 0 Å². The van der Waals surface area contributed by atoms with Crippen molar-refractivity contribution in [3.05, 3.63) is 22.7 Å². The summed E-state index contributed by atoms with van der Waals surface area (Å²) in [5.41, 5.74) is 1.01. The molecular weight excluding hydrogens is 350 g/mol. The van der Waals surface area contributed by atoms with E-state index in [9.17, 15) is 4.79 Å². The van der Waals surface area contributed by atoms with E-state index in [4.69, 9.17) is 9.47 Å². The summed E-state index contributed by atoms with van der Waals surface area (Å²) in [6.45, 7) is 1.52. The van der Waals surface area contributed by atoms with Crippen LogP contribution in [0.1, 0.15) is 12.8 Å². The summed E-state index contributed by atoms with van der Waals surface area (Å²) in [5, 5.41) is 8.10. The molecule has 0 aliphatic rings. The van der Waals surface area contributed by atoms with Gasteiger partial charge in [-0.05, 0) is 24.6 Å². The molecule has 0 radical (unpaired) electrons. The number of nitrogens with one attached hydrogen (secondary N) is 1. The zero-order valence-corrected chi connectivity index (χ0v) is 14.4. The second kappa shape index (κ2) is 8.14. The van der Waals surface area contributed by atoms with Crippen LogP contribution in [-0.4, -0.2) is 42.6 Å². The third-order valence-corrected chi connectivity index (χ3v) is 3.69. The maximum absolute atomic E-state index is 11.5. The van der Waals surface area contributed by atoms with Crippen LogP contribution in [0.3, 0.4) is 0 Å². The second-order valence-electron chi connectivity index (χ2n) is 4.88. The molecule has 22 heavy (non-hydrogen) atoms. The van der Waals surface area contributed by atoms with Gasteiger partial charge in [0.15, 0.2) is 0 Å². The highest BCUT2D eigenvalue weighted by molar-refractivity contribution is 9.10. The minimum absolute atomic E-state index is 0.00859. The molecule has 0 spiro atoms. The molecular formula is C15H20BrN3O3. The lowest BCUT2D eigenvalue weighted by molar-refractivity contribution is -0.121. The lowest BCUT2D eigenvalue weighted by atomic mass is 10.2. The highest BCUT2D eigenvalue weighted by Crippen LogP contribution is 2.27. The average Bonchev–Trinajstić information content (AvgIpc) is 2.80. The van der Waals surface area contributed by atoms with Gasteiger partial charge in [-0.2, -0.15) is 0 Å². The first-order chi connectivity index (χ1) is 10.6. The SMILES string of the molecule is COCCNC(=O)CCCOc1nn(C)c2ccc(Br)cc12. The molecule has 0 fully saturated rings. The molecule has 120 valence electrons. The number of hydrogen-bond acceptors (Lipinski definition) is 4. The quantitative estimate of drug-likeness (QED) is 0.724. The molecule has 0 aliphatic heterocycles. The third-order valence-electron chi connectivity index (χ3n) is 3.19. The molecule has 1 heterocycles. The number of carbonyl (C=O) groups excluding carboxylic acids is 1. The molecule has 0 saturated heterocycles. The number of methoxy groups -OCH3 is 1. The molecule has 6 nitrogen and oxygen atoms in total. The Balaban J connectivity index is 1.82. The molecule has 0 unspecified atom stereocenters. The molecule has 0 aliphatic carbocycles. The fourth-order valence-electron chi connectivity index (χ4n) is 2.09. The highest BCUT2D eigenvalue weighted by atomic mass is 79.9. The molecule has 1 amide bonds. The molecule has 0 saturated carbocycles. The number of fused-ring (bicyclic) bond motifs is 1. The van der Waals surface area contributed by atoms with Crippen LogP contribution in [0.5, 0.6) is 5.88 Å². The fraction of sp³-hybridized carbons (Fsp3) is 0.467. The molecule has 2 aromatic rings. The van der Waals surface area contributed by atoms with Gasteiger partial charge in [-0.15, -0.1) is 5.10 Å². The van der Waals surface area contributed by atoms with Crippen LogP contribution in [0.15, 0.2) is 22.7 Å². The Kier molecular flexibility index (Phi) is 6.21. The number of aromatic nitrogens is 2. The Morgan fingerprint density at radius 3 is 3.00 bits per heavy atom. The Hall–Kier alpha value is -1.60. The Morgan fingerprint density at radius 1 is 1.41 bits per heavy atom. The first kappa shape index (κ1) is 16.8. The lowest BCUT2D eigenvalue weighted by Crippen LogP contribution is -2.27. The van der Waals surface area contributed by atoms with Crippen molar-refractivity contribution in [2.24, 2.45) is 7.05 Å². The van der Waals surface area contributed by atoms with Crippen LogP contribution >= 0.6 is 15.9 Å². The number of amides is 1. The minimum atomic E-state index is 0.00859. The largest absolute Gasteiger partial charge is 0.476 e. The van der Waals surface area contributed by atoms with E-state index in [1.165, 1.54) is 0 Å². The normalized spacial score (nSPS) is 10.9. The van der Waals surface area contributed by atoms with Crippen molar-refractivity contribution in [3.8, 4) is 5.88 Å². The van der Waals surface area contributed by atoms with Crippen molar-refractivity contribution in [1.29, 1.82) is 0 Å². The number of rotatable bonds is 8. The van der Waals surface area contributed by atoms with Gasteiger partial charge in [0.2, 0.25) is 11.8 Å². The van der Waals surface area contributed by atoms with Gasteiger partial charge in [-0.3, -0.25) is 9.48 Å².